The van der Waals surface area contributed by atoms with Crippen LogP contribution in [-0.2, 0) is 17.9 Å². The van der Waals surface area contributed by atoms with Crippen LogP contribution in [0.15, 0.2) is 36.7 Å². The highest BCUT2D eigenvalue weighted by Crippen LogP contribution is 2.17. The van der Waals surface area contributed by atoms with E-state index >= 15 is 0 Å². The van der Waals surface area contributed by atoms with Crippen LogP contribution in [0.25, 0.3) is 10.9 Å². The summed E-state index contributed by atoms with van der Waals surface area (Å²) in [6, 6.07) is 8.60. The zero-order valence-corrected chi connectivity index (χ0v) is 15.7. The van der Waals surface area contributed by atoms with Crippen molar-refractivity contribution in [2.24, 2.45) is 0 Å². The van der Waals surface area contributed by atoms with Crippen molar-refractivity contribution >= 4 is 16.9 Å². The Morgan fingerprint density at radius 2 is 1.93 bits per heavy atom. The van der Waals surface area contributed by atoms with Gasteiger partial charge in [-0.3, -0.25) is 14.7 Å². The molecule has 0 spiro atoms. The molecule has 0 radical (unpaired) electrons. The molecule has 10 heteroatoms. The maximum absolute atomic E-state index is 10.6. The molecule has 0 aliphatic rings. The van der Waals surface area contributed by atoms with Gasteiger partial charge in [-0.1, -0.05) is 18.2 Å². The van der Waals surface area contributed by atoms with Crippen LogP contribution in [0.3, 0.4) is 0 Å². The fourth-order valence-electron chi connectivity index (χ4n) is 2.51. The molecule has 7 nitrogen and oxygen atoms in total. The van der Waals surface area contributed by atoms with Crippen LogP contribution >= 0.6 is 0 Å². The molecule has 2 aromatic heterocycles. The number of benzene rings is 1. The Morgan fingerprint density at radius 3 is 2.50 bits per heavy atom. The Bertz CT molecular complexity index is 917. The van der Waals surface area contributed by atoms with Gasteiger partial charge in [-0.15, -0.1) is 0 Å². The van der Waals surface area contributed by atoms with Crippen molar-refractivity contribution in [2.75, 3.05) is 7.05 Å². The van der Waals surface area contributed by atoms with E-state index < -0.39 is 12.1 Å². The molecule has 1 aromatic carbocycles. The largest absolute Gasteiger partial charge is 0.490 e. The van der Waals surface area contributed by atoms with Crippen molar-refractivity contribution in [3.05, 3.63) is 47.9 Å². The second-order valence-corrected chi connectivity index (χ2v) is 6.62. The van der Waals surface area contributed by atoms with E-state index in [0.717, 1.165) is 24.3 Å². The molecule has 0 unspecified atom stereocenters. The van der Waals surface area contributed by atoms with Crippen LogP contribution in [0, 0.1) is 0 Å². The van der Waals surface area contributed by atoms with Crippen molar-refractivity contribution in [1.29, 1.82) is 0 Å². The van der Waals surface area contributed by atoms with E-state index in [2.05, 4.69) is 53.4 Å². The highest BCUT2D eigenvalue weighted by atomic mass is 19.4. The number of aromatic amines is 1. The van der Waals surface area contributed by atoms with Crippen LogP contribution in [0.1, 0.15) is 31.1 Å². The predicted octanol–water partition coefficient (Wildman–Crippen LogP) is 3.61. The highest BCUT2D eigenvalue weighted by Gasteiger charge is 2.38. The number of carboxylic acid groups (broad SMARTS) is 1. The molecular weight excluding hydrogens is 375 g/mol. The number of aromatic nitrogens is 4. The number of nitrogens with one attached hydrogen (secondary N) is 1. The summed E-state index contributed by atoms with van der Waals surface area (Å²) in [5, 5.41) is 20.2. The van der Waals surface area contributed by atoms with Gasteiger partial charge in [-0.05, 0) is 27.0 Å². The molecule has 0 atom stereocenters. The van der Waals surface area contributed by atoms with E-state index in [1.54, 1.807) is 0 Å². The van der Waals surface area contributed by atoms with Gasteiger partial charge in [0.2, 0.25) is 0 Å². The van der Waals surface area contributed by atoms with Crippen molar-refractivity contribution < 1.29 is 23.1 Å². The third-order valence-electron chi connectivity index (χ3n) is 3.85. The fourth-order valence-corrected chi connectivity index (χ4v) is 2.51. The molecule has 2 N–H and O–H groups in total. The number of para-hydroxylation sites is 1. The van der Waals surface area contributed by atoms with E-state index in [-0.39, 0.29) is 0 Å². The van der Waals surface area contributed by atoms with Crippen LogP contribution in [0.5, 0.6) is 0 Å². The van der Waals surface area contributed by atoms with Gasteiger partial charge in [0.25, 0.3) is 0 Å². The maximum atomic E-state index is 10.6. The lowest BCUT2D eigenvalue weighted by Crippen LogP contribution is -2.21. The number of fused-ring (bicyclic) bond motifs is 1. The van der Waals surface area contributed by atoms with E-state index in [1.165, 1.54) is 10.9 Å². The lowest BCUT2D eigenvalue weighted by atomic mass is 10.2. The zero-order chi connectivity index (χ0) is 20.9. The van der Waals surface area contributed by atoms with Crippen molar-refractivity contribution in [3.63, 3.8) is 0 Å². The molecule has 0 aliphatic heterocycles. The van der Waals surface area contributed by atoms with E-state index in [0.29, 0.717) is 6.04 Å². The number of carboxylic acids is 1. The van der Waals surface area contributed by atoms with Crippen LogP contribution in [-0.4, -0.2) is 49.2 Å². The normalized spacial score (nSPS) is 11.7. The Morgan fingerprint density at radius 1 is 1.29 bits per heavy atom. The summed E-state index contributed by atoms with van der Waals surface area (Å²) in [6.45, 7) is 5.99. The van der Waals surface area contributed by atoms with Gasteiger partial charge in [-0.25, -0.2) is 4.79 Å². The first kappa shape index (κ1) is 21.4. The number of alkyl halides is 3. The minimum Gasteiger partial charge on any atom is -0.475 e. The molecule has 28 heavy (non-hydrogen) atoms. The molecule has 0 bridgehead atoms. The van der Waals surface area contributed by atoms with Gasteiger partial charge in [0.1, 0.15) is 0 Å². The first-order valence-electron chi connectivity index (χ1n) is 8.51. The Kier molecular flexibility index (Phi) is 6.79. The average molecular weight is 397 g/mol. The summed E-state index contributed by atoms with van der Waals surface area (Å²) in [5.41, 5.74) is 3.41. The third-order valence-corrected chi connectivity index (χ3v) is 3.85. The third kappa shape index (κ3) is 5.81. The lowest BCUT2D eigenvalue weighted by molar-refractivity contribution is -0.192. The quantitative estimate of drug-likeness (QED) is 0.687. The van der Waals surface area contributed by atoms with Gasteiger partial charge in [-0.2, -0.15) is 23.4 Å². The molecule has 3 aromatic rings. The van der Waals surface area contributed by atoms with Crippen molar-refractivity contribution in [1.82, 2.24) is 24.9 Å². The first-order chi connectivity index (χ1) is 13.1. The monoisotopic (exact) mass is 397 g/mol. The standard InChI is InChI=1S/C16H21N5.C2HF3O2/c1-12(2)21-10-13(8-17-21)9-20(3)11-16-14-6-4-5-7-15(14)18-19-16;3-2(4,5)1(6)7/h4-8,10,12H,9,11H2,1-3H3,(H,18,19);(H,6,7). The summed E-state index contributed by atoms with van der Waals surface area (Å²) in [6.07, 6.45) is -1.02. The van der Waals surface area contributed by atoms with Gasteiger partial charge >= 0.3 is 12.1 Å². The number of rotatable bonds is 5. The molecule has 0 saturated carbocycles. The average Bonchev–Trinajstić information content (AvgIpc) is 3.22. The van der Waals surface area contributed by atoms with Crippen LogP contribution in [0.4, 0.5) is 13.2 Å². The Hall–Kier alpha value is -2.88. The smallest absolute Gasteiger partial charge is 0.475 e. The van der Waals surface area contributed by atoms with E-state index in [1.807, 2.05) is 29.1 Å². The van der Waals surface area contributed by atoms with E-state index in [4.69, 9.17) is 9.90 Å². The minimum absolute atomic E-state index is 0.403. The van der Waals surface area contributed by atoms with E-state index in [9.17, 15) is 13.2 Å². The van der Waals surface area contributed by atoms with Crippen LogP contribution < -0.4 is 0 Å². The fraction of sp³-hybridized carbons (Fsp3) is 0.389. The Balaban J connectivity index is 0.000000345. The minimum atomic E-state index is -5.08. The van der Waals surface area contributed by atoms with Crippen molar-refractivity contribution in [3.8, 4) is 0 Å². The van der Waals surface area contributed by atoms with Gasteiger partial charge < -0.3 is 5.11 Å². The summed E-state index contributed by atoms with van der Waals surface area (Å²) in [4.78, 5) is 11.2. The number of hydrogen-bond acceptors (Lipinski definition) is 4. The molecule has 0 saturated heterocycles. The highest BCUT2D eigenvalue weighted by molar-refractivity contribution is 5.81. The summed E-state index contributed by atoms with van der Waals surface area (Å²) >= 11 is 0. The molecule has 0 amide bonds. The topological polar surface area (TPSA) is 87.0 Å². The van der Waals surface area contributed by atoms with Crippen LogP contribution in [0.2, 0.25) is 0 Å². The molecule has 2 heterocycles. The number of halogens is 3. The predicted molar refractivity (Wildman–Crippen MR) is 97.6 cm³/mol. The molecule has 152 valence electrons. The molecular formula is C18H22F3N5O2. The number of carbonyl (C=O) groups is 1. The zero-order valence-electron chi connectivity index (χ0n) is 15.7. The molecule has 0 fully saturated rings. The number of hydrogen-bond donors (Lipinski definition) is 2. The van der Waals surface area contributed by atoms with Gasteiger partial charge in [0.05, 0.1) is 17.4 Å². The SMILES string of the molecule is CC(C)n1cc(CN(C)Cc2[nH]nc3ccccc23)cn1.O=C(O)C(F)(F)F. The first-order valence-corrected chi connectivity index (χ1v) is 8.51. The summed E-state index contributed by atoms with van der Waals surface area (Å²) in [7, 11) is 2.11. The maximum Gasteiger partial charge on any atom is 0.490 e. The molecule has 0 aliphatic carbocycles. The number of nitrogens with zero attached hydrogens (tertiary/aromatic N) is 4. The number of aliphatic carboxylic acids is 1. The van der Waals surface area contributed by atoms with Gasteiger partial charge in [0, 0.05) is 36.3 Å². The van der Waals surface area contributed by atoms with Crippen molar-refractivity contribution in [2.45, 2.75) is 39.2 Å². The summed E-state index contributed by atoms with van der Waals surface area (Å²) in [5.74, 6) is -2.76. The molecule has 3 rings (SSSR count). The second kappa shape index (κ2) is 8.87. The summed E-state index contributed by atoms with van der Waals surface area (Å²) < 4.78 is 33.7. The lowest BCUT2D eigenvalue weighted by Gasteiger charge is -2.14. The number of H-pyrrole nitrogens is 1. The van der Waals surface area contributed by atoms with Gasteiger partial charge in [0.15, 0.2) is 0 Å². The Labute approximate surface area is 159 Å². The second-order valence-electron chi connectivity index (χ2n) is 6.62.